The van der Waals surface area contributed by atoms with Crippen molar-refractivity contribution in [3.05, 3.63) is 23.0 Å². The van der Waals surface area contributed by atoms with Gasteiger partial charge in [0.25, 0.3) is 0 Å². The molecule has 0 spiro atoms. The molecule has 0 N–H and O–H groups in total. The van der Waals surface area contributed by atoms with Crippen LogP contribution in [-0.4, -0.2) is 23.6 Å². The first-order valence-corrected chi connectivity index (χ1v) is 5.79. The van der Waals surface area contributed by atoms with E-state index in [4.69, 9.17) is 4.74 Å². The summed E-state index contributed by atoms with van der Waals surface area (Å²) in [6.07, 6.45) is 2.19. The Labute approximate surface area is 97.4 Å². The summed E-state index contributed by atoms with van der Waals surface area (Å²) in [5.74, 6) is 0. The van der Waals surface area contributed by atoms with E-state index in [1.54, 1.807) is 0 Å². The Kier molecular flexibility index (Phi) is 4.74. The van der Waals surface area contributed by atoms with Gasteiger partial charge in [0, 0.05) is 30.1 Å². The Morgan fingerprint density at radius 1 is 1.44 bits per heavy atom. The van der Waals surface area contributed by atoms with E-state index in [-0.39, 0.29) is 6.10 Å². The van der Waals surface area contributed by atoms with Gasteiger partial charge in [0.15, 0.2) is 6.29 Å². The van der Waals surface area contributed by atoms with Crippen LogP contribution in [0, 0.1) is 13.8 Å². The highest BCUT2D eigenvalue weighted by Crippen LogP contribution is 2.13. The fourth-order valence-electron chi connectivity index (χ4n) is 1.83. The molecule has 0 aliphatic heterocycles. The second-order valence-corrected chi connectivity index (χ2v) is 4.37. The first kappa shape index (κ1) is 13.0. The van der Waals surface area contributed by atoms with Gasteiger partial charge >= 0.3 is 0 Å². The fraction of sp³-hybridized carbons (Fsp3) is 0.615. The van der Waals surface area contributed by atoms with Gasteiger partial charge in [-0.15, -0.1) is 0 Å². The molecule has 0 aliphatic carbocycles. The number of hydrogen-bond acceptors (Lipinski definition) is 2. The molecular formula is C13H21NO2. The number of aryl methyl sites for hydroxylation is 1. The summed E-state index contributed by atoms with van der Waals surface area (Å²) in [6.45, 7) is 9.78. The number of carbonyl (C=O) groups is 1. The Morgan fingerprint density at radius 3 is 2.62 bits per heavy atom. The molecule has 0 saturated heterocycles. The molecule has 0 aromatic carbocycles. The summed E-state index contributed by atoms with van der Waals surface area (Å²) in [5, 5.41) is 0. The van der Waals surface area contributed by atoms with Crippen molar-refractivity contribution in [3.8, 4) is 0 Å². The molecule has 1 aromatic heterocycles. The van der Waals surface area contributed by atoms with Crippen LogP contribution in [0.1, 0.15) is 42.0 Å². The molecule has 0 aliphatic rings. The fourth-order valence-corrected chi connectivity index (χ4v) is 1.83. The largest absolute Gasteiger partial charge is 0.379 e. The van der Waals surface area contributed by atoms with Crippen molar-refractivity contribution in [1.82, 2.24) is 4.57 Å². The predicted molar refractivity (Wildman–Crippen MR) is 65.0 cm³/mol. The lowest BCUT2D eigenvalue weighted by molar-refractivity contribution is 0.0747. The molecule has 0 atom stereocenters. The maximum Gasteiger partial charge on any atom is 0.151 e. The first-order chi connectivity index (χ1) is 7.56. The molecule has 3 nitrogen and oxygen atoms in total. The van der Waals surface area contributed by atoms with Crippen LogP contribution in [0.3, 0.4) is 0 Å². The third kappa shape index (κ3) is 3.20. The van der Waals surface area contributed by atoms with Crippen LogP contribution in [0.5, 0.6) is 0 Å². The van der Waals surface area contributed by atoms with Gasteiger partial charge in [-0.05, 0) is 40.2 Å². The highest BCUT2D eigenvalue weighted by Gasteiger charge is 2.07. The van der Waals surface area contributed by atoms with Crippen molar-refractivity contribution in [2.45, 2.75) is 46.8 Å². The normalized spacial score (nSPS) is 11.1. The smallest absolute Gasteiger partial charge is 0.151 e. The SMILES string of the molecule is Cc1cc(C=O)c(C)n1CCCOC(C)C. The number of nitrogens with zero attached hydrogens (tertiary/aromatic N) is 1. The van der Waals surface area contributed by atoms with Crippen LogP contribution in [0.15, 0.2) is 6.07 Å². The molecule has 3 heteroatoms. The van der Waals surface area contributed by atoms with Crippen molar-refractivity contribution in [1.29, 1.82) is 0 Å². The lowest BCUT2D eigenvalue weighted by Crippen LogP contribution is -2.09. The predicted octanol–water partition coefficient (Wildman–Crippen LogP) is 2.73. The zero-order chi connectivity index (χ0) is 12.1. The van der Waals surface area contributed by atoms with Crippen molar-refractivity contribution >= 4 is 6.29 Å². The molecule has 0 fully saturated rings. The van der Waals surface area contributed by atoms with Crippen molar-refractivity contribution < 1.29 is 9.53 Å². The van der Waals surface area contributed by atoms with Gasteiger partial charge in [-0.1, -0.05) is 0 Å². The minimum atomic E-state index is 0.289. The van der Waals surface area contributed by atoms with E-state index in [2.05, 4.69) is 4.57 Å². The molecule has 0 unspecified atom stereocenters. The minimum absolute atomic E-state index is 0.289. The van der Waals surface area contributed by atoms with E-state index in [1.165, 1.54) is 0 Å². The molecule has 0 saturated carbocycles. The summed E-state index contributed by atoms with van der Waals surface area (Å²) in [7, 11) is 0. The molecule has 0 radical (unpaired) electrons. The summed E-state index contributed by atoms with van der Waals surface area (Å²) in [4.78, 5) is 10.8. The monoisotopic (exact) mass is 223 g/mol. The molecular weight excluding hydrogens is 202 g/mol. The van der Waals surface area contributed by atoms with E-state index in [0.717, 1.165) is 42.8 Å². The van der Waals surface area contributed by atoms with Crippen molar-refractivity contribution in [2.75, 3.05) is 6.61 Å². The van der Waals surface area contributed by atoms with Crippen molar-refractivity contribution in [2.24, 2.45) is 0 Å². The van der Waals surface area contributed by atoms with Gasteiger partial charge in [-0.3, -0.25) is 4.79 Å². The molecule has 1 aromatic rings. The topological polar surface area (TPSA) is 31.2 Å². The molecule has 16 heavy (non-hydrogen) atoms. The molecule has 1 rings (SSSR count). The third-order valence-electron chi connectivity index (χ3n) is 2.72. The van der Waals surface area contributed by atoms with Crippen LogP contribution in [0.4, 0.5) is 0 Å². The zero-order valence-corrected chi connectivity index (χ0v) is 10.6. The zero-order valence-electron chi connectivity index (χ0n) is 10.6. The highest BCUT2D eigenvalue weighted by atomic mass is 16.5. The number of hydrogen-bond donors (Lipinski definition) is 0. The van der Waals surface area contributed by atoms with E-state index < -0.39 is 0 Å². The minimum Gasteiger partial charge on any atom is -0.379 e. The van der Waals surface area contributed by atoms with Crippen molar-refractivity contribution in [3.63, 3.8) is 0 Å². The van der Waals surface area contributed by atoms with Gasteiger partial charge < -0.3 is 9.30 Å². The average molecular weight is 223 g/mol. The van der Waals surface area contributed by atoms with Gasteiger partial charge in [0.2, 0.25) is 0 Å². The summed E-state index contributed by atoms with van der Waals surface area (Å²) in [5.41, 5.74) is 2.99. The quantitative estimate of drug-likeness (QED) is 0.548. The highest BCUT2D eigenvalue weighted by molar-refractivity contribution is 5.77. The second kappa shape index (κ2) is 5.85. The Balaban J connectivity index is 2.53. The summed E-state index contributed by atoms with van der Waals surface area (Å²) >= 11 is 0. The van der Waals surface area contributed by atoms with Gasteiger partial charge in [-0.2, -0.15) is 0 Å². The lowest BCUT2D eigenvalue weighted by atomic mass is 10.3. The molecule has 90 valence electrons. The van der Waals surface area contributed by atoms with E-state index in [0.29, 0.717) is 0 Å². The molecule has 0 amide bonds. The van der Waals surface area contributed by atoms with E-state index in [9.17, 15) is 4.79 Å². The molecule has 0 bridgehead atoms. The number of carbonyl (C=O) groups excluding carboxylic acids is 1. The Morgan fingerprint density at radius 2 is 2.12 bits per heavy atom. The van der Waals surface area contributed by atoms with Crippen LogP contribution in [0.25, 0.3) is 0 Å². The van der Waals surface area contributed by atoms with Gasteiger partial charge in [0.1, 0.15) is 0 Å². The number of ether oxygens (including phenoxy) is 1. The lowest BCUT2D eigenvalue weighted by Gasteiger charge is -2.11. The second-order valence-electron chi connectivity index (χ2n) is 4.37. The maximum atomic E-state index is 10.8. The first-order valence-electron chi connectivity index (χ1n) is 5.79. The standard InChI is InChI=1S/C13H21NO2/c1-10(2)16-7-5-6-14-11(3)8-13(9-15)12(14)4/h8-10H,5-7H2,1-4H3. The van der Waals surface area contributed by atoms with Crippen LogP contribution < -0.4 is 0 Å². The van der Waals surface area contributed by atoms with E-state index >= 15 is 0 Å². The Bertz CT molecular complexity index is 353. The third-order valence-corrected chi connectivity index (χ3v) is 2.72. The van der Waals surface area contributed by atoms with E-state index in [1.807, 2.05) is 33.8 Å². The Hall–Kier alpha value is -1.09. The average Bonchev–Trinajstić information content (AvgIpc) is 2.50. The maximum absolute atomic E-state index is 10.8. The van der Waals surface area contributed by atoms with Gasteiger partial charge in [0.05, 0.1) is 6.10 Å². The van der Waals surface area contributed by atoms with Crippen LogP contribution in [-0.2, 0) is 11.3 Å². The summed E-state index contributed by atoms with van der Waals surface area (Å²) in [6, 6.07) is 1.94. The van der Waals surface area contributed by atoms with Crippen LogP contribution in [0.2, 0.25) is 0 Å². The van der Waals surface area contributed by atoms with Crippen LogP contribution >= 0.6 is 0 Å². The van der Waals surface area contributed by atoms with Gasteiger partial charge in [-0.25, -0.2) is 0 Å². The summed E-state index contributed by atoms with van der Waals surface area (Å²) < 4.78 is 7.67. The number of aromatic nitrogens is 1. The number of rotatable bonds is 6. The molecule has 1 heterocycles. The number of aldehydes is 1.